The van der Waals surface area contributed by atoms with Crippen LogP contribution in [-0.4, -0.2) is 21.5 Å². The molecule has 1 N–H and O–H groups in total. The molecule has 0 radical (unpaired) electrons. The molecule has 1 saturated carbocycles. The molecular weight excluding hydrogens is 381 g/mol. The molecule has 140 valence electrons. The molecule has 0 saturated heterocycles. The Hall–Kier alpha value is -2.04. The van der Waals surface area contributed by atoms with Crippen LogP contribution in [0.1, 0.15) is 35.4 Å². The fourth-order valence-electron chi connectivity index (χ4n) is 3.22. The second kappa shape index (κ2) is 7.17. The molecule has 1 heterocycles. The summed E-state index contributed by atoms with van der Waals surface area (Å²) in [7, 11) is 0. The van der Waals surface area contributed by atoms with E-state index in [-0.39, 0.29) is 12.5 Å². The number of aryl methyl sites for hydroxylation is 2. The van der Waals surface area contributed by atoms with Crippen molar-refractivity contribution in [3.8, 4) is 0 Å². The van der Waals surface area contributed by atoms with Crippen molar-refractivity contribution >= 4 is 40.1 Å². The predicted octanol–water partition coefficient (Wildman–Crippen LogP) is 4.83. The molecule has 4 rings (SSSR count). The largest absolute Gasteiger partial charge is 0.352 e. The zero-order valence-electron chi connectivity index (χ0n) is 15.4. The molecule has 3 aromatic rings. The molecule has 4 nitrogen and oxygen atoms in total. The lowest BCUT2D eigenvalue weighted by molar-refractivity contribution is -0.121. The van der Waals surface area contributed by atoms with Crippen molar-refractivity contribution in [2.45, 2.75) is 45.7 Å². The van der Waals surface area contributed by atoms with Gasteiger partial charge in [0, 0.05) is 12.5 Å². The number of fused-ring (bicyclic) bond motifs is 1. The molecule has 1 aliphatic rings. The molecule has 0 unspecified atom stereocenters. The Morgan fingerprint density at radius 1 is 1.15 bits per heavy atom. The van der Waals surface area contributed by atoms with Crippen LogP contribution in [0.3, 0.4) is 0 Å². The van der Waals surface area contributed by atoms with Crippen LogP contribution in [0, 0.1) is 13.8 Å². The minimum atomic E-state index is 0.0328. The normalized spacial score (nSPS) is 13.9. The third kappa shape index (κ3) is 3.97. The quantitative estimate of drug-likeness (QED) is 0.665. The molecule has 2 aromatic carbocycles. The highest BCUT2D eigenvalue weighted by Crippen LogP contribution is 2.26. The maximum atomic E-state index is 12.5. The van der Waals surface area contributed by atoms with Gasteiger partial charge in [0.05, 0.1) is 21.1 Å². The van der Waals surface area contributed by atoms with Crippen molar-refractivity contribution in [3.63, 3.8) is 0 Å². The van der Waals surface area contributed by atoms with Crippen molar-refractivity contribution < 1.29 is 4.79 Å². The number of nitrogens with zero attached hydrogens (tertiary/aromatic N) is 2. The van der Waals surface area contributed by atoms with E-state index < -0.39 is 0 Å². The lowest BCUT2D eigenvalue weighted by Crippen LogP contribution is -2.29. The number of aromatic nitrogens is 2. The van der Waals surface area contributed by atoms with E-state index >= 15 is 0 Å². The van der Waals surface area contributed by atoms with Crippen LogP contribution in [0.4, 0.5) is 0 Å². The van der Waals surface area contributed by atoms with E-state index in [9.17, 15) is 4.79 Å². The second-order valence-corrected chi connectivity index (χ2v) is 8.12. The molecule has 1 fully saturated rings. The van der Waals surface area contributed by atoms with Gasteiger partial charge in [0.15, 0.2) is 0 Å². The maximum Gasteiger partial charge on any atom is 0.240 e. The van der Waals surface area contributed by atoms with Crippen LogP contribution in [0.2, 0.25) is 10.0 Å². The SMILES string of the molecule is Cc1cc2nc(Cc3ccc(Cl)c(Cl)c3)n(CC(=O)NC3CC3)c2cc1C. The van der Waals surface area contributed by atoms with Gasteiger partial charge in [-0.05, 0) is 67.6 Å². The van der Waals surface area contributed by atoms with Crippen molar-refractivity contribution in [1.29, 1.82) is 0 Å². The topological polar surface area (TPSA) is 46.9 Å². The van der Waals surface area contributed by atoms with Crippen molar-refractivity contribution in [2.24, 2.45) is 0 Å². The third-order valence-electron chi connectivity index (χ3n) is 5.03. The summed E-state index contributed by atoms with van der Waals surface area (Å²) in [6.07, 6.45) is 2.73. The Bertz CT molecular complexity index is 1040. The highest BCUT2D eigenvalue weighted by molar-refractivity contribution is 6.42. The Morgan fingerprint density at radius 3 is 2.59 bits per heavy atom. The van der Waals surface area contributed by atoms with E-state index in [0.717, 1.165) is 35.3 Å². The number of imidazole rings is 1. The van der Waals surface area contributed by atoms with Crippen molar-refractivity contribution in [1.82, 2.24) is 14.9 Å². The molecule has 27 heavy (non-hydrogen) atoms. The van der Waals surface area contributed by atoms with Crippen LogP contribution < -0.4 is 5.32 Å². The molecule has 0 bridgehead atoms. The molecule has 1 aromatic heterocycles. The van der Waals surface area contributed by atoms with Crippen LogP contribution >= 0.6 is 23.2 Å². The van der Waals surface area contributed by atoms with Gasteiger partial charge in [-0.2, -0.15) is 0 Å². The summed E-state index contributed by atoms with van der Waals surface area (Å²) in [6, 6.07) is 10.1. The third-order valence-corrected chi connectivity index (χ3v) is 5.77. The van der Waals surface area contributed by atoms with Gasteiger partial charge in [-0.3, -0.25) is 4.79 Å². The molecule has 0 atom stereocenters. The first-order chi connectivity index (χ1) is 12.9. The number of hydrogen-bond donors (Lipinski definition) is 1. The van der Waals surface area contributed by atoms with Gasteiger partial charge in [-0.25, -0.2) is 4.98 Å². The Balaban J connectivity index is 1.73. The molecule has 6 heteroatoms. The number of amides is 1. The van der Waals surface area contributed by atoms with Gasteiger partial charge in [-0.15, -0.1) is 0 Å². The fourth-order valence-corrected chi connectivity index (χ4v) is 3.54. The highest BCUT2D eigenvalue weighted by Gasteiger charge is 2.24. The Labute approximate surface area is 168 Å². The lowest BCUT2D eigenvalue weighted by Gasteiger charge is -2.11. The predicted molar refractivity (Wildman–Crippen MR) is 110 cm³/mol. The minimum absolute atomic E-state index is 0.0328. The summed E-state index contributed by atoms with van der Waals surface area (Å²) in [6.45, 7) is 4.42. The van der Waals surface area contributed by atoms with Crippen molar-refractivity contribution in [3.05, 3.63) is 62.9 Å². The Kier molecular flexibility index (Phi) is 4.87. The van der Waals surface area contributed by atoms with Crippen LogP contribution in [-0.2, 0) is 17.8 Å². The summed E-state index contributed by atoms with van der Waals surface area (Å²) >= 11 is 12.2. The van der Waals surface area contributed by atoms with E-state index in [1.807, 2.05) is 16.7 Å². The average Bonchev–Trinajstić information content (AvgIpc) is 3.37. The van der Waals surface area contributed by atoms with E-state index in [4.69, 9.17) is 28.2 Å². The van der Waals surface area contributed by atoms with Gasteiger partial charge >= 0.3 is 0 Å². The van der Waals surface area contributed by atoms with E-state index in [0.29, 0.717) is 22.5 Å². The average molecular weight is 402 g/mol. The van der Waals surface area contributed by atoms with Crippen LogP contribution in [0.15, 0.2) is 30.3 Å². The molecule has 1 aliphatic carbocycles. The number of benzene rings is 2. The lowest BCUT2D eigenvalue weighted by atomic mass is 10.1. The van der Waals surface area contributed by atoms with Gasteiger partial charge in [-0.1, -0.05) is 29.3 Å². The van der Waals surface area contributed by atoms with E-state index in [2.05, 4.69) is 31.3 Å². The molecule has 1 amide bonds. The smallest absolute Gasteiger partial charge is 0.240 e. The summed E-state index contributed by atoms with van der Waals surface area (Å²) < 4.78 is 2.02. The second-order valence-electron chi connectivity index (χ2n) is 7.31. The monoisotopic (exact) mass is 401 g/mol. The van der Waals surface area contributed by atoms with Gasteiger partial charge < -0.3 is 9.88 Å². The zero-order chi connectivity index (χ0) is 19.1. The van der Waals surface area contributed by atoms with Gasteiger partial charge in [0.2, 0.25) is 5.91 Å². The maximum absolute atomic E-state index is 12.5. The number of halogens is 2. The number of nitrogens with one attached hydrogen (secondary N) is 1. The van der Waals surface area contributed by atoms with Gasteiger partial charge in [0.1, 0.15) is 12.4 Å². The van der Waals surface area contributed by atoms with E-state index in [1.54, 1.807) is 6.07 Å². The fraction of sp³-hybridized carbons (Fsp3) is 0.333. The first-order valence-electron chi connectivity index (χ1n) is 9.10. The van der Waals surface area contributed by atoms with Crippen LogP contribution in [0.5, 0.6) is 0 Å². The van der Waals surface area contributed by atoms with Crippen molar-refractivity contribution in [2.75, 3.05) is 0 Å². The zero-order valence-corrected chi connectivity index (χ0v) is 16.9. The van der Waals surface area contributed by atoms with E-state index in [1.165, 1.54) is 11.1 Å². The number of carbonyl (C=O) groups is 1. The minimum Gasteiger partial charge on any atom is -0.352 e. The summed E-state index contributed by atoms with van der Waals surface area (Å²) in [5, 5.41) is 4.12. The highest BCUT2D eigenvalue weighted by atomic mass is 35.5. The Morgan fingerprint density at radius 2 is 1.89 bits per heavy atom. The number of rotatable bonds is 5. The number of carbonyl (C=O) groups excluding carboxylic acids is 1. The molecule has 0 aliphatic heterocycles. The summed E-state index contributed by atoms with van der Waals surface area (Å²) in [5.41, 5.74) is 5.28. The number of hydrogen-bond acceptors (Lipinski definition) is 2. The first kappa shape index (κ1) is 18.3. The summed E-state index contributed by atoms with van der Waals surface area (Å²) in [4.78, 5) is 17.3. The van der Waals surface area contributed by atoms with Crippen LogP contribution in [0.25, 0.3) is 11.0 Å². The molecule has 0 spiro atoms. The first-order valence-corrected chi connectivity index (χ1v) is 9.86. The standard InChI is InChI=1S/C21H21Cl2N3O/c1-12-7-18-19(8-13(12)2)26(11-21(27)24-15-4-5-15)20(25-18)10-14-3-6-16(22)17(23)9-14/h3,6-9,15H,4-5,10-11H2,1-2H3,(H,24,27). The van der Waals surface area contributed by atoms with Gasteiger partial charge in [0.25, 0.3) is 0 Å². The molecular formula is C21H21Cl2N3O. The summed E-state index contributed by atoms with van der Waals surface area (Å²) in [5.74, 6) is 0.879.